The Hall–Kier alpha value is -5.62. The maximum absolute atomic E-state index is 13.9. The highest BCUT2D eigenvalue weighted by atomic mass is 19.4. The first-order valence-corrected chi connectivity index (χ1v) is 15.4. The number of hydrogen-bond donors (Lipinski definition) is 3. The van der Waals surface area contributed by atoms with Crippen molar-refractivity contribution in [3.63, 3.8) is 0 Å². The summed E-state index contributed by atoms with van der Waals surface area (Å²) in [4.78, 5) is 14.1. The molecule has 0 unspecified atom stereocenters. The normalized spacial score (nSPS) is 11.8. The lowest BCUT2D eigenvalue weighted by atomic mass is 10.1. The molecule has 9 nitrogen and oxygen atoms in total. The molecule has 1 aromatic heterocycles. The first-order chi connectivity index (χ1) is 23.2. The second-order valence-corrected chi connectivity index (χ2v) is 10.7. The van der Waals surface area contributed by atoms with Crippen LogP contribution >= 0.6 is 0 Å². The van der Waals surface area contributed by atoms with Crippen molar-refractivity contribution >= 4 is 29.1 Å². The van der Waals surface area contributed by atoms with Gasteiger partial charge in [-0.15, -0.1) is 0 Å². The molecule has 4 N–H and O–H groups in total. The number of rotatable bonds is 13. The van der Waals surface area contributed by atoms with Gasteiger partial charge in [0.15, 0.2) is 5.69 Å². The van der Waals surface area contributed by atoms with Gasteiger partial charge in [-0.25, -0.2) is 4.98 Å². The van der Waals surface area contributed by atoms with E-state index < -0.39 is 17.8 Å². The maximum atomic E-state index is 13.9. The number of aromatic nitrogens is 2. The molecule has 5 rings (SSSR count). The van der Waals surface area contributed by atoms with Crippen molar-refractivity contribution < 1.29 is 22.6 Å². The number of guanidine groups is 1. The van der Waals surface area contributed by atoms with Gasteiger partial charge in [0.1, 0.15) is 29.7 Å². The zero-order chi connectivity index (χ0) is 33.9. The minimum Gasteiger partial charge on any atom is -0.489 e. The lowest BCUT2D eigenvalue weighted by molar-refractivity contribution is -0.141. The van der Waals surface area contributed by atoms with E-state index in [9.17, 15) is 13.2 Å². The number of nitrogens with two attached hydrogens (primary N) is 1. The summed E-state index contributed by atoms with van der Waals surface area (Å²) in [5.41, 5.74) is 7.83. The smallest absolute Gasteiger partial charge is 0.433 e. The molecule has 0 aliphatic carbocycles. The zero-order valence-corrected chi connectivity index (χ0v) is 26.5. The summed E-state index contributed by atoms with van der Waals surface area (Å²) in [6.07, 6.45) is -4.75. The van der Waals surface area contributed by atoms with Crippen LogP contribution < -0.4 is 25.8 Å². The molecule has 0 spiro atoms. The van der Waals surface area contributed by atoms with Crippen LogP contribution in [0.3, 0.4) is 0 Å². The van der Waals surface area contributed by atoms with Gasteiger partial charge in [-0.2, -0.15) is 23.1 Å². The predicted molar refractivity (Wildman–Crippen MR) is 182 cm³/mol. The molecule has 48 heavy (non-hydrogen) atoms. The fourth-order valence-electron chi connectivity index (χ4n) is 4.70. The summed E-state index contributed by atoms with van der Waals surface area (Å²) in [7, 11) is 0. The van der Waals surface area contributed by atoms with Gasteiger partial charge in [0.2, 0.25) is 5.96 Å². The van der Waals surface area contributed by atoms with Crippen molar-refractivity contribution in [3.05, 3.63) is 126 Å². The Morgan fingerprint density at radius 2 is 1.46 bits per heavy atom. The number of alkyl halides is 3. The van der Waals surface area contributed by atoms with Crippen LogP contribution in [0, 0.1) is 0 Å². The van der Waals surface area contributed by atoms with Crippen LogP contribution in [0.4, 0.5) is 36.3 Å². The van der Waals surface area contributed by atoms with Crippen molar-refractivity contribution in [2.75, 3.05) is 23.7 Å². The van der Waals surface area contributed by atoms with Crippen molar-refractivity contribution in [2.45, 2.75) is 33.2 Å². The van der Waals surface area contributed by atoms with Crippen molar-refractivity contribution in [1.29, 1.82) is 0 Å². The molecular formula is C36H36F3N7O2. The van der Waals surface area contributed by atoms with Gasteiger partial charge in [0.05, 0.1) is 0 Å². The topological polar surface area (TPSA) is 110 Å². The molecule has 0 bridgehead atoms. The van der Waals surface area contributed by atoms with E-state index in [1.165, 1.54) is 0 Å². The first-order valence-electron chi connectivity index (χ1n) is 15.4. The number of nitrogens with zero attached hydrogens (tertiary/aromatic N) is 4. The summed E-state index contributed by atoms with van der Waals surface area (Å²) < 4.78 is 53.6. The molecule has 5 aromatic rings. The van der Waals surface area contributed by atoms with Crippen LogP contribution in [0.25, 0.3) is 0 Å². The lowest BCUT2D eigenvalue weighted by Gasteiger charge is -2.21. The maximum Gasteiger partial charge on any atom is 0.433 e. The van der Waals surface area contributed by atoms with Gasteiger partial charge in [0.25, 0.3) is 5.95 Å². The van der Waals surface area contributed by atoms with Gasteiger partial charge in [0, 0.05) is 29.5 Å². The first kappa shape index (κ1) is 33.7. The quantitative estimate of drug-likeness (QED) is 0.0856. The Morgan fingerprint density at radius 1 is 0.812 bits per heavy atom. The number of hydrogen-bond acceptors (Lipinski definition) is 7. The third kappa shape index (κ3) is 9.69. The molecule has 0 amide bonds. The number of para-hydroxylation sites is 1. The van der Waals surface area contributed by atoms with Gasteiger partial charge in [-0.3, -0.25) is 4.90 Å². The van der Waals surface area contributed by atoms with Crippen LogP contribution in [0.2, 0.25) is 0 Å². The van der Waals surface area contributed by atoms with Crippen LogP contribution in [0.1, 0.15) is 30.7 Å². The van der Waals surface area contributed by atoms with Gasteiger partial charge < -0.3 is 25.8 Å². The summed E-state index contributed by atoms with van der Waals surface area (Å²) in [6, 6.07) is 32.1. The molecule has 248 valence electrons. The van der Waals surface area contributed by atoms with Crippen LogP contribution in [0.5, 0.6) is 17.2 Å². The Bertz CT molecular complexity index is 1800. The summed E-state index contributed by atoms with van der Waals surface area (Å²) in [6.45, 7) is 6.72. The molecule has 0 radical (unpaired) electrons. The largest absolute Gasteiger partial charge is 0.489 e. The SMILES string of the molecule is CCN(CC)Cc1cc(Nc2cc(C(F)(F)F)nc(/N=C(\N)Nc3ccc(Oc4ccccc4)cc3)n2)ccc1OCc1ccccc1. The molecule has 0 aliphatic rings. The fraction of sp³-hybridized carbons (Fsp3) is 0.194. The number of anilines is 3. The lowest BCUT2D eigenvalue weighted by Crippen LogP contribution is -2.22. The zero-order valence-electron chi connectivity index (χ0n) is 26.5. The van der Waals surface area contributed by atoms with Gasteiger partial charge in [-0.05, 0) is 73.3 Å². The van der Waals surface area contributed by atoms with E-state index in [-0.39, 0.29) is 11.8 Å². The highest BCUT2D eigenvalue weighted by Crippen LogP contribution is 2.32. The van der Waals surface area contributed by atoms with Gasteiger partial charge in [-0.1, -0.05) is 62.4 Å². The van der Waals surface area contributed by atoms with Crippen molar-refractivity contribution in [3.8, 4) is 17.2 Å². The van der Waals surface area contributed by atoms with Crippen molar-refractivity contribution in [2.24, 2.45) is 10.7 Å². The van der Waals surface area contributed by atoms with E-state index in [1.807, 2.05) is 66.7 Å². The molecular weight excluding hydrogens is 619 g/mol. The minimum atomic E-state index is -4.75. The summed E-state index contributed by atoms with van der Waals surface area (Å²) >= 11 is 0. The third-order valence-corrected chi connectivity index (χ3v) is 7.19. The fourth-order valence-corrected chi connectivity index (χ4v) is 4.70. The van der Waals surface area contributed by atoms with Crippen LogP contribution in [-0.2, 0) is 19.3 Å². The Balaban J connectivity index is 1.35. The molecule has 0 fully saturated rings. The monoisotopic (exact) mass is 655 g/mol. The Morgan fingerprint density at radius 3 is 2.12 bits per heavy atom. The second kappa shape index (κ2) is 15.8. The molecule has 0 atom stereocenters. The summed E-state index contributed by atoms with van der Waals surface area (Å²) in [5, 5.41) is 5.83. The average Bonchev–Trinajstić information content (AvgIpc) is 3.08. The number of halogens is 3. The van der Waals surface area contributed by atoms with E-state index in [0.29, 0.717) is 41.8 Å². The van der Waals surface area contributed by atoms with Gasteiger partial charge >= 0.3 is 6.18 Å². The third-order valence-electron chi connectivity index (χ3n) is 7.19. The Kier molecular flexibility index (Phi) is 11.1. The summed E-state index contributed by atoms with van der Waals surface area (Å²) in [5.74, 6) is 1.19. The number of benzene rings is 4. The minimum absolute atomic E-state index is 0.0990. The second-order valence-electron chi connectivity index (χ2n) is 10.7. The van der Waals surface area contributed by atoms with Crippen LogP contribution in [0.15, 0.2) is 114 Å². The number of ether oxygens (including phenoxy) is 2. The van der Waals surface area contributed by atoms with E-state index >= 15 is 0 Å². The number of nitrogens with one attached hydrogen (secondary N) is 2. The van der Waals surface area contributed by atoms with Crippen LogP contribution in [-0.4, -0.2) is 33.9 Å². The predicted octanol–water partition coefficient (Wildman–Crippen LogP) is 8.51. The highest BCUT2D eigenvalue weighted by Gasteiger charge is 2.34. The molecule has 0 aliphatic heterocycles. The molecule has 4 aromatic carbocycles. The van der Waals surface area contributed by atoms with Crippen molar-refractivity contribution in [1.82, 2.24) is 14.9 Å². The standard InChI is InChI=1S/C36H36F3N7O2/c1-3-46(4-2)23-26-21-28(17-20-31(26)47-24-25-11-7-5-8-12-25)41-33-22-32(36(37,38)39)43-35(44-33)45-34(40)42-27-15-18-30(19-16-27)48-29-13-9-6-10-14-29/h5-22H,3-4,23-24H2,1-2H3,(H4,40,41,42,43,44,45). The molecule has 0 saturated carbocycles. The van der Waals surface area contributed by atoms with E-state index in [4.69, 9.17) is 15.2 Å². The Labute approximate surface area is 277 Å². The highest BCUT2D eigenvalue weighted by molar-refractivity contribution is 5.93. The van der Waals surface area contributed by atoms with E-state index in [0.717, 1.165) is 30.3 Å². The molecule has 1 heterocycles. The average molecular weight is 656 g/mol. The van der Waals surface area contributed by atoms with E-state index in [1.54, 1.807) is 36.4 Å². The molecule has 12 heteroatoms. The number of aliphatic imine (C=N–C) groups is 1. The molecule has 0 saturated heterocycles. The van der Waals surface area contributed by atoms with E-state index in [2.05, 4.69) is 44.3 Å².